The first-order valence-electron chi connectivity index (χ1n) is 7.81. The molecule has 1 aliphatic heterocycles. The van der Waals surface area contributed by atoms with Crippen molar-refractivity contribution in [1.29, 1.82) is 0 Å². The van der Waals surface area contributed by atoms with E-state index in [9.17, 15) is 9.59 Å². The van der Waals surface area contributed by atoms with Gasteiger partial charge in [0.1, 0.15) is 6.61 Å². The molecule has 0 N–H and O–H groups in total. The Bertz CT molecular complexity index is 592. The predicted molar refractivity (Wildman–Crippen MR) is 83.2 cm³/mol. The van der Waals surface area contributed by atoms with Gasteiger partial charge in [-0.3, -0.25) is 4.79 Å². The number of cyclic esters (lactones) is 1. The zero-order chi connectivity index (χ0) is 15.7. The van der Waals surface area contributed by atoms with Crippen LogP contribution in [0.3, 0.4) is 0 Å². The smallest absolute Gasteiger partial charge is 0.417 e. The average Bonchev–Trinajstić information content (AvgIpc) is 3.31. The van der Waals surface area contributed by atoms with E-state index < -0.39 is 6.09 Å². The molecule has 4 nitrogen and oxygen atoms in total. The van der Waals surface area contributed by atoms with Gasteiger partial charge in [0.15, 0.2) is 0 Å². The lowest BCUT2D eigenvalue weighted by Crippen LogP contribution is -2.41. The molecule has 2 aliphatic rings. The van der Waals surface area contributed by atoms with Gasteiger partial charge in [0.2, 0.25) is 0 Å². The summed E-state index contributed by atoms with van der Waals surface area (Å²) in [4.78, 5) is 25.9. The lowest BCUT2D eigenvalue weighted by atomic mass is 9.95. The second kappa shape index (κ2) is 5.95. The summed E-state index contributed by atoms with van der Waals surface area (Å²) in [6.45, 7) is 6.21. The lowest BCUT2D eigenvalue weighted by Gasteiger charge is -2.23. The third-order valence-corrected chi connectivity index (χ3v) is 4.65. The number of hydrogen-bond acceptors (Lipinski definition) is 3. The molecular weight excluding hydrogens is 278 g/mol. The van der Waals surface area contributed by atoms with Crippen LogP contribution < -0.4 is 0 Å². The van der Waals surface area contributed by atoms with Gasteiger partial charge < -0.3 is 4.74 Å². The van der Waals surface area contributed by atoms with Crippen LogP contribution in [0.5, 0.6) is 0 Å². The van der Waals surface area contributed by atoms with Crippen LogP contribution in [-0.4, -0.2) is 29.5 Å². The van der Waals surface area contributed by atoms with E-state index >= 15 is 0 Å². The molecule has 1 saturated heterocycles. The molecule has 1 aromatic rings. The molecular formula is C18H21NO3. The highest BCUT2D eigenvalue weighted by Crippen LogP contribution is 2.40. The zero-order valence-electron chi connectivity index (χ0n) is 12.8. The summed E-state index contributed by atoms with van der Waals surface area (Å²) >= 11 is 0. The third-order valence-electron chi connectivity index (χ3n) is 4.65. The molecule has 2 atom stereocenters. The Balaban J connectivity index is 1.72. The quantitative estimate of drug-likeness (QED) is 0.785. The standard InChI is InChI=1S/C18H21NO3/c1-12(15-8-9-15)13(2)17(20)19-16(11-22-18(19)21)10-14-6-4-3-5-7-14/h3-7,12,15-16H,2,8-11H2,1H3. The molecule has 22 heavy (non-hydrogen) atoms. The monoisotopic (exact) mass is 299 g/mol. The Labute approximate surface area is 130 Å². The molecule has 1 saturated carbocycles. The van der Waals surface area contributed by atoms with Crippen molar-refractivity contribution >= 4 is 12.0 Å². The summed E-state index contributed by atoms with van der Waals surface area (Å²) < 4.78 is 5.10. The van der Waals surface area contributed by atoms with Crippen molar-refractivity contribution in [2.75, 3.05) is 6.61 Å². The molecule has 1 heterocycles. The fourth-order valence-corrected chi connectivity index (χ4v) is 2.98. The van der Waals surface area contributed by atoms with E-state index in [1.165, 1.54) is 4.90 Å². The van der Waals surface area contributed by atoms with Crippen molar-refractivity contribution in [3.8, 4) is 0 Å². The van der Waals surface area contributed by atoms with Crippen LogP contribution >= 0.6 is 0 Å². The SMILES string of the molecule is C=C(C(=O)N1C(=O)OCC1Cc1ccccc1)C(C)C1CC1. The predicted octanol–water partition coefficient (Wildman–Crippen LogP) is 3.18. The molecule has 0 bridgehead atoms. The van der Waals surface area contributed by atoms with Gasteiger partial charge in [0.05, 0.1) is 6.04 Å². The molecule has 2 amide bonds. The number of rotatable bonds is 5. The van der Waals surface area contributed by atoms with E-state index in [1.807, 2.05) is 37.3 Å². The number of nitrogens with zero attached hydrogens (tertiary/aromatic N) is 1. The van der Waals surface area contributed by atoms with Gasteiger partial charge in [-0.05, 0) is 36.7 Å². The van der Waals surface area contributed by atoms with Crippen LogP contribution in [0.1, 0.15) is 25.3 Å². The van der Waals surface area contributed by atoms with Crippen LogP contribution in [0.2, 0.25) is 0 Å². The largest absolute Gasteiger partial charge is 0.447 e. The fourth-order valence-electron chi connectivity index (χ4n) is 2.98. The maximum Gasteiger partial charge on any atom is 0.417 e. The number of amides is 2. The van der Waals surface area contributed by atoms with E-state index in [4.69, 9.17) is 4.74 Å². The Morgan fingerprint density at radius 2 is 2.05 bits per heavy atom. The molecule has 1 aromatic carbocycles. The molecule has 3 rings (SSSR count). The number of carbonyl (C=O) groups excluding carboxylic acids is 2. The van der Waals surface area contributed by atoms with Gasteiger partial charge in [-0.2, -0.15) is 0 Å². The molecule has 0 spiro atoms. The van der Waals surface area contributed by atoms with Crippen molar-refractivity contribution in [2.45, 2.75) is 32.2 Å². The molecule has 4 heteroatoms. The topological polar surface area (TPSA) is 46.6 Å². The molecule has 2 fully saturated rings. The van der Waals surface area contributed by atoms with Crippen LogP contribution in [0.15, 0.2) is 42.5 Å². The minimum atomic E-state index is -0.546. The van der Waals surface area contributed by atoms with Crippen LogP contribution in [0.4, 0.5) is 4.79 Å². The lowest BCUT2D eigenvalue weighted by molar-refractivity contribution is -0.125. The van der Waals surface area contributed by atoms with Crippen molar-refractivity contribution in [3.05, 3.63) is 48.0 Å². The van der Waals surface area contributed by atoms with Crippen molar-refractivity contribution in [2.24, 2.45) is 11.8 Å². The number of ether oxygens (including phenoxy) is 1. The van der Waals surface area contributed by atoms with Crippen LogP contribution in [-0.2, 0) is 16.0 Å². The third kappa shape index (κ3) is 2.91. The van der Waals surface area contributed by atoms with Gasteiger partial charge in [-0.25, -0.2) is 9.69 Å². The number of carbonyl (C=O) groups is 2. The van der Waals surface area contributed by atoms with Gasteiger partial charge in [0, 0.05) is 5.57 Å². The van der Waals surface area contributed by atoms with Crippen LogP contribution in [0, 0.1) is 11.8 Å². The summed E-state index contributed by atoms with van der Waals surface area (Å²) in [5.74, 6) is 0.406. The van der Waals surface area contributed by atoms with Crippen LogP contribution in [0.25, 0.3) is 0 Å². The molecule has 2 unspecified atom stereocenters. The minimum Gasteiger partial charge on any atom is -0.447 e. The van der Waals surface area contributed by atoms with E-state index in [1.54, 1.807) is 0 Å². The van der Waals surface area contributed by atoms with E-state index in [0.29, 0.717) is 17.9 Å². The maximum absolute atomic E-state index is 12.7. The highest BCUT2D eigenvalue weighted by atomic mass is 16.6. The molecule has 0 aromatic heterocycles. The number of benzene rings is 1. The van der Waals surface area contributed by atoms with Crippen molar-refractivity contribution in [3.63, 3.8) is 0 Å². The van der Waals surface area contributed by atoms with Crippen molar-refractivity contribution < 1.29 is 14.3 Å². The summed E-state index contributed by atoms with van der Waals surface area (Å²) in [5, 5.41) is 0. The summed E-state index contributed by atoms with van der Waals surface area (Å²) in [5.41, 5.74) is 1.61. The summed E-state index contributed by atoms with van der Waals surface area (Å²) in [6, 6.07) is 9.59. The van der Waals surface area contributed by atoms with Gasteiger partial charge in [-0.15, -0.1) is 0 Å². The minimum absolute atomic E-state index is 0.137. The first-order chi connectivity index (χ1) is 10.6. The maximum atomic E-state index is 12.7. The summed E-state index contributed by atoms with van der Waals surface area (Å²) in [6.07, 6.45) is 2.36. The fraction of sp³-hybridized carbons (Fsp3) is 0.444. The second-order valence-corrected chi connectivity index (χ2v) is 6.25. The first kappa shape index (κ1) is 14.8. The highest BCUT2D eigenvalue weighted by molar-refractivity contribution is 6.03. The molecule has 0 radical (unpaired) electrons. The van der Waals surface area contributed by atoms with E-state index in [0.717, 1.165) is 18.4 Å². The van der Waals surface area contributed by atoms with Crippen molar-refractivity contribution in [1.82, 2.24) is 4.90 Å². The Morgan fingerprint density at radius 1 is 1.36 bits per heavy atom. The molecule has 116 valence electrons. The molecule has 1 aliphatic carbocycles. The summed E-state index contributed by atoms with van der Waals surface area (Å²) in [7, 11) is 0. The number of hydrogen-bond donors (Lipinski definition) is 0. The normalized spacial score (nSPS) is 22.3. The Hall–Kier alpha value is -2.10. The number of imide groups is 1. The highest BCUT2D eigenvalue weighted by Gasteiger charge is 2.41. The van der Waals surface area contributed by atoms with E-state index in [2.05, 4.69) is 6.58 Å². The van der Waals surface area contributed by atoms with Gasteiger partial charge >= 0.3 is 6.09 Å². The first-order valence-corrected chi connectivity index (χ1v) is 7.81. The van der Waals surface area contributed by atoms with Gasteiger partial charge in [0.25, 0.3) is 5.91 Å². The zero-order valence-corrected chi connectivity index (χ0v) is 12.8. The van der Waals surface area contributed by atoms with E-state index in [-0.39, 0.29) is 24.5 Å². The average molecular weight is 299 g/mol. The van der Waals surface area contributed by atoms with Gasteiger partial charge in [-0.1, -0.05) is 43.8 Å². The Morgan fingerprint density at radius 3 is 2.68 bits per heavy atom. The Kier molecular flexibility index (Phi) is 4.01. The second-order valence-electron chi connectivity index (χ2n) is 6.25.